The second kappa shape index (κ2) is 6.90. The Bertz CT molecular complexity index is 1320. The molecule has 0 aliphatic rings. The lowest BCUT2D eigenvalue weighted by molar-refractivity contribution is -0.118. The maximum atomic E-state index is 12.6. The number of rotatable bonds is 3. The number of aromatic hydroxyl groups is 1. The molecule has 2 heterocycles. The smallest absolute Gasteiger partial charge is 0.284 e. The summed E-state index contributed by atoms with van der Waals surface area (Å²) in [6.07, 6.45) is 1.30. The molecule has 4 aromatic rings. The monoisotopic (exact) mass is 395 g/mol. The number of amides is 1. The van der Waals surface area contributed by atoms with Gasteiger partial charge in [-0.1, -0.05) is 23.2 Å². The second-order valence-electron chi connectivity index (χ2n) is 6.30. The molecule has 140 valence electrons. The van der Waals surface area contributed by atoms with Crippen LogP contribution in [-0.2, 0) is 11.3 Å². The molecule has 8 nitrogen and oxygen atoms in total. The van der Waals surface area contributed by atoms with Crippen LogP contribution in [0.3, 0.4) is 0 Å². The van der Waals surface area contributed by atoms with Crippen molar-refractivity contribution in [2.24, 2.45) is 10.2 Å². The molecule has 0 spiro atoms. The van der Waals surface area contributed by atoms with E-state index >= 15 is 0 Å². The Kier molecular flexibility index (Phi) is 4.40. The van der Waals surface area contributed by atoms with Crippen LogP contribution in [0.2, 0.25) is 5.02 Å². The third kappa shape index (κ3) is 3.25. The van der Waals surface area contributed by atoms with Crippen LogP contribution >= 0.6 is 11.6 Å². The van der Waals surface area contributed by atoms with Gasteiger partial charge >= 0.3 is 0 Å². The van der Waals surface area contributed by atoms with Gasteiger partial charge in [0.15, 0.2) is 5.69 Å². The van der Waals surface area contributed by atoms with E-state index in [1.807, 2.05) is 13.0 Å². The summed E-state index contributed by atoms with van der Waals surface area (Å²) in [5.41, 5.74) is 1.85. The van der Waals surface area contributed by atoms with Crippen LogP contribution in [0.25, 0.3) is 21.8 Å². The van der Waals surface area contributed by atoms with Crippen molar-refractivity contribution in [3.05, 3.63) is 63.7 Å². The molecule has 28 heavy (non-hydrogen) atoms. The quantitative estimate of drug-likeness (QED) is 0.513. The topological polar surface area (TPSA) is 113 Å². The summed E-state index contributed by atoms with van der Waals surface area (Å²) in [5.74, 6) is -0.888. The Balaban J connectivity index is 1.63. The Morgan fingerprint density at radius 2 is 2.07 bits per heavy atom. The molecule has 2 N–H and O–H groups in total. The number of azo groups is 1. The Hall–Kier alpha value is -3.52. The maximum Gasteiger partial charge on any atom is 0.284 e. The number of H-pyrrole nitrogens is 1. The molecule has 9 heteroatoms. The standard InChI is InChI=1S/C19H14ClN5O3/c1-10-2-4-14-13(6-10)19(28)25(9-21-14)8-16(26)23-24-17-12-7-11(20)3-5-15(12)22-18(17)27/h2-7,9,22,27H,8H2,1H3. The fraction of sp³-hybridized carbons (Fsp3) is 0.105. The van der Waals surface area contributed by atoms with Crippen molar-refractivity contribution in [3.8, 4) is 5.88 Å². The molecular formula is C19H14ClN5O3. The van der Waals surface area contributed by atoms with Crippen LogP contribution in [0.5, 0.6) is 5.88 Å². The molecule has 2 aromatic heterocycles. The normalized spacial score (nSPS) is 11.6. The van der Waals surface area contributed by atoms with Gasteiger partial charge in [-0.05, 0) is 37.3 Å². The number of nitrogens with one attached hydrogen (secondary N) is 1. The first-order valence-corrected chi connectivity index (χ1v) is 8.71. The fourth-order valence-corrected chi connectivity index (χ4v) is 3.08. The molecular weight excluding hydrogens is 382 g/mol. The van der Waals surface area contributed by atoms with E-state index < -0.39 is 5.91 Å². The van der Waals surface area contributed by atoms with Gasteiger partial charge in [-0.3, -0.25) is 14.2 Å². The maximum absolute atomic E-state index is 12.6. The van der Waals surface area contributed by atoms with Crippen molar-refractivity contribution >= 4 is 45.0 Å². The molecule has 0 unspecified atom stereocenters. The van der Waals surface area contributed by atoms with E-state index in [-0.39, 0.29) is 23.7 Å². The van der Waals surface area contributed by atoms with Crippen LogP contribution in [0, 0.1) is 6.92 Å². The summed E-state index contributed by atoms with van der Waals surface area (Å²) < 4.78 is 1.18. The number of aromatic nitrogens is 3. The third-order valence-corrected chi connectivity index (χ3v) is 4.50. The molecule has 0 saturated carbocycles. The van der Waals surface area contributed by atoms with Gasteiger partial charge in [-0.2, -0.15) is 0 Å². The van der Waals surface area contributed by atoms with Crippen LogP contribution in [0.1, 0.15) is 5.56 Å². The van der Waals surface area contributed by atoms with Gasteiger partial charge < -0.3 is 10.1 Å². The molecule has 0 fully saturated rings. The highest BCUT2D eigenvalue weighted by Crippen LogP contribution is 2.36. The number of benzene rings is 2. The predicted molar refractivity (Wildman–Crippen MR) is 105 cm³/mol. The van der Waals surface area contributed by atoms with Gasteiger partial charge in [-0.15, -0.1) is 10.2 Å². The van der Waals surface area contributed by atoms with Gasteiger partial charge in [0.25, 0.3) is 11.5 Å². The molecule has 0 saturated heterocycles. The molecule has 1 amide bonds. The summed E-state index contributed by atoms with van der Waals surface area (Å²) in [7, 11) is 0. The zero-order valence-corrected chi connectivity index (χ0v) is 15.4. The number of hydrogen-bond acceptors (Lipinski definition) is 5. The molecule has 0 aliphatic heterocycles. The van der Waals surface area contributed by atoms with E-state index in [4.69, 9.17) is 11.6 Å². The summed E-state index contributed by atoms with van der Waals surface area (Å²) in [6.45, 7) is 1.55. The highest BCUT2D eigenvalue weighted by atomic mass is 35.5. The third-order valence-electron chi connectivity index (χ3n) is 4.26. The first-order valence-electron chi connectivity index (χ1n) is 8.33. The van der Waals surface area contributed by atoms with Gasteiger partial charge in [0.05, 0.1) is 22.7 Å². The number of halogens is 1. The molecule has 0 atom stereocenters. The average Bonchev–Trinajstić information content (AvgIpc) is 2.97. The van der Waals surface area contributed by atoms with Crippen molar-refractivity contribution in [2.75, 3.05) is 0 Å². The van der Waals surface area contributed by atoms with Crippen molar-refractivity contribution < 1.29 is 9.90 Å². The fourth-order valence-electron chi connectivity index (χ4n) is 2.91. The van der Waals surface area contributed by atoms with E-state index in [1.165, 1.54) is 10.9 Å². The largest absolute Gasteiger partial charge is 0.493 e. The molecule has 0 bridgehead atoms. The number of nitrogens with zero attached hydrogens (tertiary/aromatic N) is 4. The van der Waals surface area contributed by atoms with Crippen LogP contribution in [0.15, 0.2) is 57.7 Å². The van der Waals surface area contributed by atoms with Gasteiger partial charge in [0.1, 0.15) is 6.54 Å². The first kappa shape index (κ1) is 17.9. The van der Waals surface area contributed by atoms with Crippen molar-refractivity contribution in [3.63, 3.8) is 0 Å². The molecule has 0 radical (unpaired) electrons. The number of hydrogen-bond donors (Lipinski definition) is 2. The highest BCUT2D eigenvalue weighted by molar-refractivity contribution is 6.31. The Morgan fingerprint density at radius 1 is 1.25 bits per heavy atom. The average molecular weight is 396 g/mol. The number of aryl methyl sites for hydroxylation is 1. The van der Waals surface area contributed by atoms with Gasteiger partial charge in [0, 0.05) is 10.4 Å². The van der Waals surface area contributed by atoms with Crippen molar-refractivity contribution in [1.29, 1.82) is 0 Å². The zero-order valence-electron chi connectivity index (χ0n) is 14.7. The summed E-state index contributed by atoms with van der Waals surface area (Å²) >= 11 is 5.97. The van der Waals surface area contributed by atoms with Crippen molar-refractivity contribution in [1.82, 2.24) is 14.5 Å². The zero-order chi connectivity index (χ0) is 19.8. The molecule has 4 rings (SSSR count). The summed E-state index contributed by atoms with van der Waals surface area (Å²) in [5, 5.41) is 18.9. The highest BCUT2D eigenvalue weighted by Gasteiger charge is 2.12. The number of aromatic amines is 1. The molecule has 2 aromatic carbocycles. The lowest BCUT2D eigenvalue weighted by Gasteiger charge is -2.04. The number of carbonyl (C=O) groups is 1. The first-order chi connectivity index (χ1) is 13.4. The van der Waals surface area contributed by atoms with E-state index in [2.05, 4.69) is 20.2 Å². The van der Waals surface area contributed by atoms with E-state index in [9.17, 15) is 14.7 Å². The Labute approximate surface area is 163 Å². The van der Waals surface area contributed by atoms with Gasteiger partial charge in [0.2, 0.25) is 5.88 Å². The summed E-state index contributed by atoms with van der Waals surface area (Å²) in [4.78, 5) is 31.7. The van der Waals surface area contributed by atoms with Crippen LogP contribution in [0.4, 0.5) is 5.69 Å². The summed E-state index contributed by atoms with van der Waals surface area (Å²) in [6, 6.07) is 10.3. The van der Waals surface area contributed by atoms with E-state index in [0.717, 1.165) is 5.56 Å². The number of fused-ring (bicyclic) bond motifs is 2. The van der Waals surface area contributed by atoms with Crippen LogP contribution in [-0.4, -0.2) is 25.5 Å². The minimum absolute atomic E-state index is 0.102. The molecule has 0 aliphatic carbocycles. The van der Waals surface area contributed by atoms with E-state index in [0.29, 0.717) is 26.8 Å². The minimum atomic E-state index is -0.660. The minimum Gasteiger partial charge on any atom is -0.493 e. The lowest BCUT2D eigenvalue weighted by Crippen LogP contribution is -2.23. The SMILES string of the molecule is Cc1ccc2ncn(CC(=O)N=Nc3c(O)[nH]c4ccc(Cl)cc34)c(=O)c2c1. The van der Waals surface area contributed by atoms with Gasteiger partial charge in [-0.25, -0.2) is 4.98 Å². The predicted octanol–water partition coefficient (Wildman–Crippen LogP) is 3.86. The van der Waals surface area contributed by atoms with Crippen molar-refractivity contribution in [2.45, 2.75) is 13.5 Å². The number of carbonyl (C=O) groups excluding carboxylic acids is 1. The lowest BCUT2D eigenvalue weighted by atomic mass is 10.2. The second-order valence-corrected chi connectivity index (χ2v) is 6.74. The Morgan fingerprint density at radius 3 is 2.89 bits per heavy atom. The van der Waals surface area contributed by atoms with Crippen LogP contribution < -0.4 is 5.56 Å². The van der Waals surface area contributed by atoms with E-state index in [1.54, 1.807) is 30.3 Å².